The highest BCUT2D eigenvalue weighted by molar-refractivity contribution is 7.17. The maximum absolute atomic E-state index is 12.6. The quantitative estimate of drug-likeness (QED) is 0.667. The van der Waals surface area contributed by atoms with Crippen LogP contribution in [0.2, 0.25) is 0 Å². The SMILES string of the molecule is CCOC(=O)c1c(NC(=O)COc2ccccc2CC)sc2c1C(C)CCC2. The van der Waals surface area contributed by atoms with Crippen LogP contribution in [0.5, 0.6) is 5.75 Å². The molecule has 1 aliphatic rings. The number of rotatable bonds is 7. The van der Waals surface area contributed by atoms with Gasteiger partial charge in [0, 0.05) is 4.88 Å². The van der Waals surface area contributed by atoms with E-state index in [9.17, 15) is 9.59 Å². The van der Waals surface area contributed by atoms with Crippen LogP contribution < -0.4 is 10.1 Å². The van der Waals surface area contributed by atoms with E-state index in [-0.39, 0.29) is 24.4 Å². The molecule has 0 spiro atoms. The first-order valence-corrected chi connectivity index (χ1v) is 10.7. The normalized spacial score (nSPS) is 15.6. The lowest BCUT2D eigenvalue weighted by Gasteiger charge is -2.19. The molecular formula is C22H27NO4S. The minimum atomic E-state index is -0.360. The molecule has 0 aliphatic heterocycles. The van der Waals surface area contributed by atoms with Crippen LogP contribution in [0.25, 0.3) is 0 Å². The van der Waals surface area contributed by atoms with Gasteiger partial charge in [-0.25, -0.2) is 4.79 Å². The first-order valence-electron chi connectivity index (χ1n) is 9.88. The third-order valence-electron chi connectivity index (χ3n) is 5.00. The number of thiophene rings is 1. The number of hydrogen-bond acceptors (Lipinski definition) is 5. The smallest absolute Gasteiger partial charge is 0.341 e. The molecule has 3 rings (SSSR count). The lowest BCUT2D eigenvalue weighted by Crippen LogP contribution is -2.22. The Bertz CT molecular complexity index is 858. The summed E-state index contributed by atoms with van der Waals surface area (Å²) in [5.41, 5.74) is 2.63. The third-order valence-corrected chi connectivity index (χ3v) is 6.18. The first-order chi connectivity index (χ1) is 13.5. The third kappa shape index (κ3) is 4.38. The van der Waals surface area contributed by atoms with E-state index in [1.165, 1.54) is 16.2 Å². The molecule has 2 aromatic rings. The number of carbonyl (C=O) groups excluding carboxylic acids is 2. The second-order valence-electron chi connectivity index (χ2n) is 6.95. The Morgan fingerprint density at radius 3 is 2.79 bits per heavy atom. The predicted octanol–water partition coefficient (Wildman–Crippen LogP) is 4.94. The number of aryl methyl sites for hydroxylation is 2. The van der Waals surface area contributed by atoms with Gasteiger partial charge in [-0.3, -0.25) is 4.79 Å². The van der Waals surface area contributed by atoms with Crippen molar-refractivity contribution in [3.05, 3.63) is 45.8 Å². The number of carbonyl (C=O) groups is 2. The number of para-hydroxylation sites is 1. The van der Waals surface area contributed by atoms with Crippen molar-refractivity contribution in [2.45, 2.75) is 52.4 Å². The molecule has 1 amide bonds. The minimum absolute atomic E-state index is 0.0998. The second kappa shape index (κ2) is 9.24. The average molecular weight is 402 g/mol. The van der Waals surface area contributed by atoms with Crippen LogP contribution in [-0.4, -0.2) is 25.1 Å². The number of nitrogens with one attached hydrogen (secondary N) is 1. The molecule has 0 fully saturated rings. The zero-order valence-electron chi connectivity index (χ0n) is 16.7. The zero-order chi connectivity index (χ0) is 20.1. The van der Waals surface area contributed by atoms with Crippen LogP contribution in [0.1, 0.15) is 65.9 Å². The van der Waals surface area contributed by atoms with E-state index in [4.69, 9.17) is 9.47 Å². The van der Waals surface area contributed by atoms with Gasteiger partial charge in [-0.05, 0) is 55.7 Å². The molecular weight excluding hydrogens is 374 g/mol. The highest BCUT2D eigenvalue weighted by atomic mass is 32.1. The number of benzene rings is 1. The zero-order valence-corrected chi connectivity index (χ0v) is 17.5. The summed E-state index contributed by atoms with van der Waals surface area (Å²) in [5.74, 6) is 0.367. The number of anilines is 1. The lowest BCUT2D eigenvalue weighted by atomic mass is 9.86. The maximum Gasteiger partial charge on any atom is 0.341 e. The molecule has 1 N–H and O–H groups in total. The van der Waals surface area contributed by atoms with E-state index >= 15 is 0 Å². The topological polar surface area (TPSA) is 64.6 Å². The summed E-state index contributed by atoms with van der Waals surface area (Å²) in [5, 5.41) is 3.47. The summed E-state index contributed by atoms with van der Waals surface area (Å²) < 4.78 is 11.0. The Hall–Kier alpha value is -2.34. The molecule has 150 valence electrons. The van der Waals surface area contributed by atoms with Crippen LogP contribution in [0.15, 0.2) is 24.3 Å². The van der Waals surface area contributed by atoms with Crippen molar-refractivity contribution in [2.75, 3.05) is 18.5 Å². The van der Waals surface area contributed by atoms with Gasteiger partial charge in [0.1, 0.15) is 10.8 Å². The van der Waals surface area contributed by atoms with Gasteiger partial charge < -0.3 is 14.8 Å². The van der Waals surface area contributed by atoms with Gasteiger partial charge in [-0.1, -0.05) is 32.0 Å². The van der Waals surface area contributed by atoms with Crippen molar-refractivity contribution in [1.82, 2.24) is 0 Å². The number of fused-ring (bicyclic) bond motifs is 1. The molecule has 1 aromatic heterocycles. The van der Waals surface area contributed by atoms with Crippen LogP contribution in [0.4, 0.5) is 5.00 Å². The van der Waals surface area contributed by atoms with Crippen molar-refractivity contribution in [3.8, 4) is 5.75 Å². The number of hydrogen-bond donors (Lipinski definition) is 1. The maximum atomic E-state index is 12.6. The fraction of sp³-hybridized carbons (Fsp3) is 0.455. The van der Waals surface area contributed by atoms with Crippen LogP contribution in [-0.2, 0) is 22.4 Å². The van der Waals surface area contributed by atoms with Crippen LogP contribution >= 0.6 is 11.3 Å². The highest BCUT2D eigenvalue weighted by Gasteiger charge is 2.30. The lowest BCUT2D eigenvalue weighted by molar-refractivity contribution is -0.118. The summed E-state index contributed by atoms with van der Waals surface area (Å²) in [6.45, 7) is 6.17. The monoisotopic (exact) mass is 401 g/mol. The second-order valence-corrected chi connectivity index (χ2v) is 8.06. The standard InChI is InChI=1S/C22H27NO4S/c1-4-15-10-6-7-11-16(15)27-13-18(24)23-21-20(22(25)26-5-2)19-14(3)9-8-12-17(19)28-21/h6-7,10-11,14H,4-5,8-9,12-13H2,1-3H3,(H,23,24). The Morgan fingerprint density at radius 2 is 2.04 bits per heavy atom. The van der Waals surface area contributed by atoms with E-state index in [0.29, 0.717) is 22.9 Å². The summed E-state index contributed by atoms with van der Waals surface area (Å²) in [6.07, 6.45) is 3.91. The molecule has 0 saturated heterocycles. The molecule has 0 saturated carbocycles. The van der Waals surface area contributed by atoms with Crippen molar-refractivity contribution in [1.29, 1.82) is 0 Å². The van der Waals surface area contributed by atoms with Gasteiger partial charge in [0.05, 0.1) is 12.2 Å². The number of amides is 1. The van der Waals surface area contributed by atoms with Crippen LogP contribution in [0.3, 0.4) is 0 Å². The summed E-state index contributed by atoms with van der Waals surface area (Å²) in [7, 11) is 0. The van der Waals surface area contributed by atoms with Gasteiger partial charge >= 0.3 is 5.97 Å². The molecule has 6 heteroatoms. The molecule has 28 heavy (non-hydrogen) atoms. The van der Waals surface area contributed by atoms with Gasteiger partial charge in [0.25, 0.3) is 5.91 Å². The van der Waals surface area contributed by atoms with Crippen molar-refractivity contribution >= 4 is 28.2 Å². The van der Waals surface area contributed by atoms with E-state index in [1.54, 1.807) is 6.92 Å². The molecule has 1 unspecified atom stereocenters. The van der Waals surface area contributed by atoms with E-state index in [2.05, 4.69) is 12.2 Å². The molecule has 0 radical (unpaired) electrons. The largest absolute Gasteiger partial charge is 0.483 e. The Morgan fingerprint density at radius 1 is 1.25 bits per heavy atom. The van der Waals surface area contributed by atoms with Gasteiger partial charge in [0.2, 0.25) is 0 Å². The van der Waals surface area contributed by atoms with Crippen molar-refractivity contribution in [3.63, 3.8) is 0 Å². The Balaban J connectivity index is 1.77. The van der Waals surface area contributed by atoms with Crippen LogP contribution in [0, 0.1) is 0 Å². The summed E-state index contributed by atoms with van der Waals surface area (Å²) >= 11 is 1.49. The minimum Gasteiger partial charge on any atom is -0.483 e. The van der Waals surface area contributed by atoms with Gasteiger partial charge in [-0.15, -0.1) is 11.3 Å². The average Bonchev–Trinajstić information content (AvgIpc) is 3.06. The molecule has 1 atom stereocenters. The molecule has 0 bridgehead atoms. The molecule has 1 aliphatic carbocycles. The Labute approximate surface area is 170 Å². The highest BCUT2D eigenvalue weighted by Crippen LogP contribution is 2.43. The predicted molar refractivity (Wildman–Crippen MR) is 112 cm³/mol. The van der Waals surface area contributed by atoms with Gasteiger partial charge in [-0.2, -0.15) is 0 Å². The van der Waals surface area contributed by atoms with E-state index < -0.39 is 0 Å². The van der Waals surface area contributed by atoms with Crippen molar-refractivity contribution in [2.24, 2.45) is 0 Å². The summed E-state index contributed by atoms with van der Waals surface area (Å²) in [6, 6.07) is 7.69. The Kier molecular flexibility index (Phi) is 6.73. The number of esters is 1. The molecule has 5 nitrogen and oxygen atoms in total. The molecule has 1 heterocycles. The number of ether oxygens (including phenoxy) is 2. The van der Waals surface area contributed by atoms with E-state index in [1.807, 2.05) is 31.2 Å². The van der Waals surface area contributed by atoms with Gasteiger partial charge in [0.15, 0.2) is 6.61 Å². The fourth-order valence-electron chi connectivity index (χ4n) is 3.65. The van der Waals surface area contributed by atoms with Crippen molar-refractivity contribution < 1.29 is 19.1 Å². The fourth-order valence-corrected chi connectivity index (χ4v) is 5.01. The molecule has 1 aromatic carbocycles. The van der Waals surface area contributed by atoms with E-state index in [0.717, 1.165) is 36.8 Å². The first kappa shape index (κ1) is 20.4. The summed E-state index contributed by atoms with van der Waals surface area (Å²) in [4.78, 5) is 26.3.